The molecule has 0 radical (unpaired) electrons. The summed E-state index contributed by atoms with van der Waals surface area (Å²) >= 11 is 0. The molecule has 3 aromatic rings. The minimum absolute atomic E-state index is 0.00423. The molecule has 5 nitrogen and oxygen atoms in total. The van der Waals surface area contributed by atoms with Crippen LogP contribution in [0.4, 0.5) is 8.78 Å². The molecule has 1 aliphatic heterocycles. The largest absolute Gasteiger partial charge is 0.290 e. The predicted molar refractivity (Wildman–Crippen MR) is 116 cm³/mol. The van der Waals surface area contributed by atoms with Crippen molar-refractivity contribution in [2.75, 3.05) is 26.2 Å². The molecule has 0 aliphatic carbocycles. The highest BCUT2D eigenvalue weighted by Gasteiger charge is 2.33. The third kappa shape index (κ3) is 4.41. The first-order valence-electron chi connectivity index (χ1n) is 10.1. The van der Waals surface area contributed by atoms with Crippen LogP contribution in [0.25, 0.3) is 0 Å². The number of nitriles is 1. The standard InChI is InChI=1S/C24H21F2N3O2S/c25-21-9-5-18(6-10-21)24(19-7-11-22(26)12-8-19)28-13-15-29(16-14-28)32(30,31)23-4-2-1-3-20(23)17-27/h1-12,24H,13-16H2. The molecule has 0 atom stereocenters. The second-order valence-corrected chi connectivity index (χ2v) is 9.46. The number of rotatable bonds is 5. The van der Waals surface area contributed by atoms with Crippen LogP contribution >= 0.6 is 0 Å². The molecule has 0 unspecified atom stereocenters. The summed E-state index contributed by atoms with van der Waals surface area (Å²) in [6.07, 6.45) is 0. The van der Waals surface area contributed by atoms with Gasteiger partial charge in [0.1, 0.15) is 17.7 Å². The molecule has 1 aliphatic rings. The summed E-state index contributed by atoms with van der Waals surface area (Å²) in [5.41, 5.74) is 1.79. The SMILES string of the molecule is N#Cc1ccccc1S(=O)(=O)N1CCN(C(c2ccc(F)cc2)c2ccc(F)cc2)CC1. The quantitative estimate of drug-likeness (QED) is 0.587. The van der Waals surface area contributed by atoms with Crippen LogP contribution in [0.1, 0.15) is 22.7 Å². The minimum atomic E-state index is -3.81. The zero-order chi connectivity index (χ0) is 22.7. The van der Waals surface area contributed by atoms with Gasteiger partial charge >= 0.3 is 0 Å². The normalized spacial score (nSPS) is 15.6. The second kappa shape index (κ2) is 9.17. The minimum Gasteiger partial charge on any atom is -0.290 e. The van der Waals surface area contributed by atoms with Crippen LogP contribution in [-0.4, -0.2) is 43.8 Å². The number of hydrogen-bond donors (Lipinski definition) is 0. The number of piperazine rings is 1. The molecule has 0 aromatic heterocycles. The van der Waals surface area contributed by atoms with E-state index in [-0.39, 0.29) is 41.2 Å². The maximum absolute atomic E-state index is 13.5. The molecular weight excluding hydrogens is 432 g/mol. The van der Waals surface area contributed by atoms with Crippen molar-refractivity contribution in [2.24, 2.45) is 0 Å². The fraction of sp³-hybridized carbons (Fsp3) is 0.208. The maximum Gasteiger partial charge on any atom is 0.244 e. The van der Waals surface area contributed by atoms with Gasteiger partial charge in [0.2, 0.25) is 10.0 Å². The molecule has 0 spiro atoms. The summed E-state index contributed by atoms with van der Waals surface area (Å²) in [7, 11) is -3.81. The summed E-state index contributed by atoms with van der Waals surface area (Å²) in [6, 6.07) is 20.1. The van der Waals surface area contributed by atoms with Gasteiger partial charge in [0.05, 0.1) is 16.5 Å². The number of halogens is 2. The van der Waals surface area contributed by atoms with E-state index in [1.54, 1.807) is 36.4 Å². The molecule has 164 valence electrons. The van der Waals surface area contributed by atoms with E-state index in [2.05, 4.69) is 4.90 Å². The van der Waals surface area contributed by atoms with Crippen LogP contribution in [-0.2, 0) is 10.0 Å². The first-order chi connectivity index (χ1) is 15.4. The van der Waals surface area contributed by atoms with Crippen LogP contribution in [0.3, 0.4) is 0 Å². The fourth-order valence-corrected chi connectivity index (χ4v) is 5.59. The van der Waals surface area contributed by atoms with E-state index in [4.69, 9.17) is 0 Å². The summed E-state index contributed by atoms with van der Waals surface area (Å²) in [4.78, 5) is 2.10. The Morgan fingerprint density at radius 3 is 1.78 bits per heavy atom. The van der Waals surface area contributed by atoms with E-state index in [0.717, 1.165) is 11.1 Å². The van der Waals surface area contributed by atoms with Crippen LogP contribution in [0.5, 0.6) is 0 Å². The molecule has 32 heavy (non-hydrogen) atoms. The highest BCUT2D eigenvalue weighted by Crippen LogP contribution is 2.31. The van der Waals surface area contributed by atoms with Gasteiger partial charge in [-0.15, -0.1) is 0 Å². The zero-order valence-electron chi connectivity index (χ0n) is 17.2. The van der Waals surface area contributed by atoms with Crippen molar-refractivity contribution in [1.29, 1.82) is 5.26 Å². The number of sulfonamides is 1. The van der Waals surface area contributed by atoms with Crippen molar-refractivity contribution in [3.63, 3.8) is 0 Å². The van der Waals surface area contributed by atoms with Gasteiger partial charge < -0.3 is 0 Å². The van der Waals surface area contributed by atoms with Gasteiger partial charge in [-0.25, -0.2) is 17.2 Å². The monoisotopic (exact) mass is 453 g/mol. The summed E-state index contributed by atoms with van der Waals surface area (Å²) < 4.78 is 54.6. The molecule has 1 heterocycles. The Labute approximate surface area is 186 Å². The van der Waals surface area contributed by atoms with Crippen molar-refractivity contribution in [3.05, 3.63) is 101 Å². The van der Waals surface area contributed by atoms with Crippen LogP contribution in [0.15, 0.2) is 77.7 Å². The van der Waals surface area contributed by atoms with Gasteiger partial charge in [0.15, 0.2) is 0 Å². The van der Waals surface area contributed by atoms with Gasteiger partial charge in [0.25, 0.3) is 0 Å². The molecule has 0 amide bonds. The van der Waals surface area contributed by atoms with E-state index < -0.39 is 10.0 Å². The van der Waals surface area contributed by atoms with E-state index >= 15 is 0 Å². The molecule has 0 N–H and O–H groups in total. The first-order valence-corrected chi connectivity index (χ1v) is 11.6. The third-order valence-electron chi connectivity index (χ3n) is 5.64. The highest BCUT2D eigenvalue weighted by molar-refractivity contribution is 7.89. The lowest BCUT2D eigenvalue weighted by atomic mass is 9.96. The van der Waals surface area contributed by atoms with E-state index in [1.807, 2.05) is 6.07 Å². The molecule has 1 fully saturated rings. The molecule has 0 bridgehead atoms. The van der Waals surface area contributed by atoms with Gasteiger partial charge in [0, 0.05) is 26.2 Å². The summed E-state index contributed by atoms with van der Waals surface area (Å²) in [5, 5.41) is 9.29. The van der Waals surface area contributed by atoms with Crippen LogP contribution in [0, 0.1) is 23.0 Å². The number of benzene rings is 3. The Hall–Kier alpha value is -3.12. The smallest absolute Gasteiger partial charge is 0.244 e. The topological polar surface area (TPSA) is 64.4 Å². The lowest BCUT2D eigenvalue weighted by molar-refractivity contribution is 0.155. The summed E-state index contributed by atoms with van der Waals surface area (Å²) in [6.45, 7) is 1.32. The first kappa shape index (κ1) is 22.1. The third-order valence-corrected chi connectivity index (χ3v) is 7.59. The van der Waals surface area contributed by atoms with E-state index in [1.165, 1.54) is 40.7 Å². The van der Waals surface area contributed by atoms with Gasteiger partial charge in [-0.2, -0.15) is 9.57 Å². The Morgan fingerprint density at radius 2 is 1.28 bits per heavy atom. The molecule has 4 rings (SSSR count). The number of hydrogen-bond acceptors (Lipinski definition) is 4. The van der Waals surface area contributed by atoms with Crippen molar-refractivity contribution < 1.29 is 17.2 Å². The van der Waals surface area contributed by atoms with Crippen molar-refractivity contribution >= 4 is 10.0 Å². The lowest BCUT2D eigenvalue weighted by Crippen LogP contribution is -2.49. The Kier molecular flexibility index (Phi) is 6.33. The van der Waals surface area contributed by atoms with Crippen molar-refractivity contribution in [1.82, 2.24) is 9.21 Å². The fourth-order valence-electron chi connectivity index (χ4n) is 4.03. The molecule has 8 heteroatoms. The Balaban J connectivity index is 1.59. The maximum atomic E-state index is 13.5. The van der Waals surface area contributed by atoms with Gasteiger partial charge in [-0.3, -0.25) is 4.90 Å². The highest BCUT2D eigenvalue weighted by atomic mass is 32.2. The molecule has 1 saturated heterocycles. The average molecular weight is 454 g/mol. The second-order valence-electron chi connectivity index (χ2n) is 7.55. The molecule has 3 aromatic carbocycles. The van der Waals surface area contributed by atoms with E-state index in [9.17, 15) is 22.5 Å². The van der Waals surface area contributed by atoms with Crippen molar-refractivity contribution in [3.8, 4) is 6.07 Å². The van der Waals surface area contributed by atoms with Gasteiger partial charge in [-0.1, -0.05) is 36.4 Å². The van der Waals surface area contributed by atoms with Crippen LogP contribution in [0.2, 0.25) is 0 Å². The average Bonchev–Trinajstić information content (AvgIpc) is 2.82. The van der Waals surface area contributed by atoms with Crippen molar-refractivity contribution in [2.45, 2.75) is 10.9 Å². The Morgan fingerprint density at radius 1 is 0.781 bits per heavy atom. The van der Waals surface area contributed by atoms with E-state index in [0.29, 0.717) is 13.1 Å². The zero-order valence-corrected chi connectivity index (χ0v) is 18.0. The Bertz CT molecular complexity index is 1190. The number of nitrogens with zero attached hydrogens (tertiary/aromatic N) is 3. The molecule has 0 saturated carbocycles. The van der Waals surface area contributed by atoms with Crippen LogP contribution < -0.4 is 0 Å². The predicted octanol–water partition coefficient (Wildman–Crippen LogP) is 3.93. The van der Waals surface area contributed by atoms with Gasteiger partial charge in [-0.05, 0) is 47.5 Å². The molecular formula is C24H21F2N3O2S. The lowest BCUT2D eigenvalue weighted by Gasteiger charge is -2.39. The summed E-state index contributed by atoms with van der Waals surface area (Å²) in [5.74, 6) is -0.697.